The molecular weight excluding hydrogens is 254 g/mol. The number of aromatic nitrogens is 2. The normalized spacial score (nSPS) is 14.8. The highest BCUT2D eigenvalue weighted by Crippen LogP contribution is 2.27. The van der Waals surface area contributed by atoms with E-state index < -0.39 is 0 Å². The van der Waals surface area contributed by atoms with Gasteiger partial charge in [-0.05, 0) is 18.6 Å². The predicted octanol–water partition coefficient (Wildman–Crippen LogP) is 2.04. The average Bonchev–Trinajstić information content (AvgIpc) is 2.81. The van der Waals surface area contributed by atoms with Crippen molar-refractivity contribution < 1.29 is 9.59 Å². The number of Topliss-reactive ketones (excluding diaryl/α,β-unsaturated/α-hetero) is 1. The summed E-state index contributed by atoms with van der Waals surface area (Å²) in [5, 5.41) is 0. The quantitative estimate of drug-likeness (QED) is 0.796. The molecule has 0 N–H and O–H groups in total. The molecule has 3 rings (SSSR count). The van der Waals surface area contributed by atoms with Gasteiger partial charge in [-0.25, -0.2) is 4.98 Å². The number of carbonyl (C=O) groups is 2. The topological polar surface area (TPSA) is 55.2 Å². The minimum Gasteiger partial charge on any atom is -0.330 e. The fraction of sp³-hybridized carbons (Fsp3) is 0.267. The van der Waals surface area contributed by atoms with E-state index in [1.807, 2.05) is 18.2 Å². The first-order chi connectivity index (χ1) is 9.68. The molecule has 0 aliphatic carbocycles. The molecule has 0 bridgehead atoms. The number of anilines is 1. The van der Waals surface area contributed by atoms with E-state index in [1.165, 1.54) is 0 Å². The van der Waals surface area contributed by atoms with E-state index in [0.29, 0.717) is 36.3 Å². The summed E-state index contributed by atoms with van der Waals surface area (Å²) in [4.78, 5) is 30.4. The number of amides is 1. The summed E-state index contributed by atoms with van der Waals surface area (Å²) < 4.78 is 1.69. The van der Waals surface area contributed by atoms with Crippen molar-refractivity contribution in [1.29, 1.82) is 0 Å². The van der Waals surface area contributed by atoms with E-state index >= 15 is 0 Å². The number of imidazole rings is 1. The Labute approximate surface area is 116 Å². The summed E-state index contributed by atoms with van der Waals surface area (Å²) >= 11 is 0. The maximum absolute atomic E-state index is 12.7. The number of rotatable bonds is 1. The maximum atomic E-state index is 12.7. The first kappa shape index (κ1) is 12.6. The van der Waals surface area contributed by atoms with Crippen LogP contribution < -0.4 is 4.90 Å². The molecule has 0 saturated carbocycles. The van der Waals surface area contributed by atoms with Crippen LogP contribution in [0.3, 0.4) is 0 Å². The summed E-state index contributed by atoms with van der Waals surface area (Å²) in [6.45, 7) is 0.548. The van der Waals surface area contributed by atoms with Gasteiger partial charge < -0.3 is 9.47 Å². The number of benzene rings is 1. The van der Waals surface area contributed by atoms with Gasteiger partial charge in [-0.1, -0.05) is 12.1 Å². The van der Waals surface area contributed by atoms with Crippen molar-refractivity contribution in [1.82, 2.24) is 9.55 Å². The molecule has 0 saturated heterocycles. The Hall–Kier alpha value is -2.43. The lowest BCUT2D eigenvalue weighted by Gasteiger charge is -2.22. The number of aryl methyl sites for hydroxylation is 1. The van der Waals surface area contributed by atoms with Gasteiger partial charge in [0.15, 0.2) is 5.78 Å². The predicted molar refractivity (Wildman–Crippen MR) is 74.9 cm³/mol. The van der Waals surface area contributed by atoms with Gasteiger partial charge in [0.25, 0.3) is 5.91 Å². The van der Waals surface area contributed by atoms with E-state index in [9.17, 15) is 9.59 Å². The lowest BCUT2D eigenvalue weighted by Crippen LogP contribution is -2.33. The first-order valence-corrected chi connectivity index (χ1v) is 6.59. The van der Waals surface area contributed by atoms with Crippen molar-refractivity contribution in [3.8, 4) is 0 Å². The minimum atomic E-state index is -0.118. The Morgan fingerprint density at radius 3 is 2.85 bits per heavy atom. The Morgan fingerprint density at radius 2 is 2.10 bits per heavy atom. The van der Waals surface area contributed by atoms with Crippen LogP contribution in [0.5, 0.6) is 0 Å². The van der Waals surface area contributed by atoms with Crippen molar-refractivity contribution in [3.63, 3.8) is 0 Å². The van der Waals surface area contributed by atoms with E-state index in [-0.39, 0.29) is 11.7 Å². The van der Waals surface area contributed by atoms with Gasteiger partial charge in [-0.15, -0.1) is 0 Å². The van der Waals surface area contributed by atoms with Gasteiger partial charge in [-0.3, -0.25) is 9.59 Å². The van der Waals surface area contributed by atoms with Crippen LogP contribution in [0.4, 0.5) is 5.69 Å². The van der Waals surface area contributed by atoms with Gasteiger partial charge in [-0.2, -0.15) is 0 Å². The molecule has 2 heterocycles. The first-order valence-electron chi connectivity index (χ1n) is 6.59. The lowest BCUT2D eigenvalue weighted by atomic mass is 10.1. The molecule has 5 nitrogen and oxygen atoms in total. The molecular formula is C15H15N3O2. The number of hydrogen-bond acceptors (Lipinski definition) is 3. The van der Waals surface area contributed by atoms with Gasteiger partial charge in [0, 0.05) is 25.6 Å². The number of ketones is 1. The zero-order valence-corrected chi connectivity index (χ0v) is 11.2. The number of fused-ring (bicyclic) bond motifs is 1. The second-order valence-electron chi connectivity index (χ2n) is 4.89. The monoisotopic (exact) mass is 269 g/mol. The molecule has 0 fully saturated rings. The van der Waals surface area contributed by atoms with E-state index in [2.05, 4.69) is 4.98 Å². The zero-order chi connectivity index (χ0) is 14.1. The van der Waals surface area contributed by atoms with Crippen LogP contribution in [-0.4, -0.2) is 27.8 Å². The molecule has 20 heavy (non-hydrogen) atoms. The third kappa shape index (κ3) is 2.01. The van der Waals surface area contributed by atoms with Gasteiger partial charge in [0.2, 0.25) is 0 Å². The third-order valence-corrected chi connectivity index (χ3v) is 3.56. The fourth-order valence-corrected chi connectivity index (χ4v) is 2.51. The van der Waals surface area contributed by atoms with Crippen LogP contribution in [0.1, 0.15) is 33.7 Å². The second-order valence-corrected chi connectivity index (χ2v) is 4.89. The maximum Gasteiger partial charge on any atom is 0.276 e. The standard InChI is InChI=1S/C15H15N3O2/c1-17-10-16-9-13(17)15(20)18-8-4-7-14(19)11-5-2-3-6-12(11)18/h2-3,5-6,9-10H,4,7-8H2,1H3. The molecule has 0 radical (unpaired) electrons. The second kappa shape index (κ2) is 4.92. The summed E-state index contributed by atoms with van der Waals surface area (Å²) in [5.41, 5.74) is 1.84. The molecule has 5 heteroatoms. The highest BCUT2D eigenvalue weighted by Gasteiger charge is 2.26. The third-order valence-electron chi connectivity index (χ3n) is 3.56. The Bertz CT molecular complexity index is 675. The molecule has 1 aliphatic heterocycles. The molecule has 1 aromatic heterocycles. The Morgan fingerprint density at radius 1 is 1.30 bits per heavy atom. The van der Waals surface area contributed by atoms with Crippen molar-refractivity contribution in [3.05, 3.63) is 48.0 Å². The van der Waals surface area contributed by atoms with Crippen LogP contribution in [0.15, 0.2) is 36.8 Å². The van der Waals surface area contributed by atoms with Crippen LogP contribution in [0.2, 0.25) is 0 Å². The zero-order valence-electron chi connectivity index (χ0n) is 11.2. The number of para-hydroxylation sites is 1. The lowest BCUT2D eigenvalue weighted by molar-refractivity contribution is 0.0969. The van der Waals surface area contributed by atoms with Crippen LogP contribution in [0, 0.1) is 0 Å². The fourth-order valence-electron chi connectivity index (χ4n) is 2.51. The van der Waals surface area contributed by atoms with Gasteiger partial charge in [0.05, 0.1) is 18.2 Å². The summed E-state index contributed by atoms with van der Waals surface area (Å²) in [7, 11) is 1.79. The largest absolute Gasteiger partial charge is 0.330 e. The Balaban J connectivity index is 2.06. The van der Waals surface area contributed by atoms with Crippen LogP contribution >= 0.6 is 0 Å². The number of carbonyl (C=O) groups excluding carboxylic acids is 2. The van der Waals surface area contributed by atoms with Crippen LogP contribution in [0.25, 0.3) is 0 Å². The molecule has 1 aromatic carbocycles. The minimum absolute atomic E-state index is 0.0981. The Kier molecular flexibility index (Phi) is 3.10. The molecule has 102 valence electrons. The van der Waals surface area contributed by atoms with E-state index in [1.54, 1.807) is 35.1 Å². The summed E-state index contributed by atoms with van der Waals surface area (Å²) in [6.07, 6.45) is 4.31. The van der Waals surface area contributed by atoms with Crippen molar-refractivity contribution in [2.75, 3.05) is 11.4 Å². The van der Waals surface area contributed by atoms with E-state index in [4.69, 9.17) is 0 Å². The summed E-state index contributed by atoms with van der Waals surface area (Å²) in [5.74, 6) is -0.0203. The summed E-state index contributed by atoms with van der Waals surface area (Å²) in [6, 6.07) is 7.29. The van der Waals surface area contributed by atoms with Gasteiger partial charge >= 0.3 is 0 Å². The molecule has 0 atom stereocenters. The highest BCUT2D eigenvalue weighted by atomic mass is 16.2. The number of hydrogen-bond donors (Lipinski definition) is 0. The highest BCUT2D eigenvalue weighted by molar-refractivity contribution is 6.10. The molecule has 1 aliphatic rings. The molecule has 2 aromatic rings. The molecule has 1 amide bonds. The van der Waals surface area contributed by atoms with Crippen molar-refractivity contribution in [2.45, 2.75) is 12.8 Å². The molecule has 0 unspecified atom stereocenters. The van der Waals surface area contributed by atoms with Gasteiger partial charge in [0.1, 0.15) is 5.69 Å². The average molecular weight is 269 g/mol. The van der Waals surface area contributed by atoms with Crippen molar-refractivity contribution >= 4 is 17.4 Å². The smallest absolute Gasteiger partial charge is 0.276 e. The van der Waals surface area contributed by atoms with E-state index in [0.717, 1.165) is 0 Å². The molecule has 0 spiro atoms. The van der Waals surface area contributed by atoms with Crippen LogP contribution in [-0.2, 0) is 7.05 Å². The number of nitrogens with zero attached hydrogens (tertiary/aromatic N) is 3. The SMILES string of the molecule is Cn1cncc1C(=O)N1CCCC(=O)c2ccccc21. The van der Waals surface area contributed by atoms with Crippen molar-refractivity contribution in [2.24, 2.45) is 7.05 Å².